The molecule has 2 N–H and O–H groups in total. The van der Waals surface area contributed by atoms with Gasteiger partial charge in [-0.1, -0.05) is 19.8 Å². The molecule has 1 atom stereocenters. The Morgan fingerprint density at radius 1 is 1.38 bits per heavy atom. The summed E-state index contributed by atoms with van der Waals surface area (Å²) in [5.74, 6) is 0. The molecule has 0 amide bonds. The molecule has 7 nitrogen and oxygen atoms in total. The Kier molecular flexibility index (Phi) is 6.10. The Morgan fingerprint density at radius 3 is 2.57 bits per heavy atom. The summed E-state index contributed by atoms with van der Waals surface area (Å²) < 4.78 is 27.3. The first-order chi connectivity index (χ1) is 9.81. The lowest BCUT2D eigenvalue weighted by Gasteiger charge is -2.15. The van der Waals surface area contributed by atoms with Crippen LogP contribution in [0.4, 0.5) is 11.4 Å². The van der Waals surface area contributed by atoms with Crippen LogP contribution in [-0.4, -0.2) is 26.4 Å². The number of nitro benzene ring substituents is 1. The van der Waals surface area contributed by atoms with Gasteiger partial charge < -0.3 is 5.32 Å². The Labute approximate surface area is 124 Å². The number of rotatable bonds is 8. The quantitative estimate of drug-likeness (QED) is 0.567. The fourth-order valence-electron chi connectivity index (χ4n) is 1.96. The van der Waals surface area contributed by atoms with Gasteiger partial charge in [0.2, 0.25) is 10.0 Å². The summed E-state index contributed by atoms with van der Waals surface area (Å²) in [7, 11) is -2.18. The van der Waals surface area contributed by atoms with E-state index in [9.17, 15) is 18.5 Å². The van der Waals surface area contributed by atoms with E-state index in [-0.39, 0.29) is 22.3 Å². The normalized spacial score (nSPS) is 12.9. The minimum Gasteiger partial charge on any atom is -0.387 e. The average Bonchev–Trinajstić information content (AvgIpc) is 2.43. The fourth-order valence-corrected chi connectivity index (χ4v) is 3.43. The third kappa shape index (κ3) is 4.68. The van der Waals surface area contributed by atoms with Crippen LogP contribution in [0.1, 0.15) is 33.1 Å². The minimum absolute atomic E-state index is 0.0129. The molecule has 0 saturated heterocycles. The molecule has 0 heterocycles. The summed E-state index contributed by atoms with van der Waals surface area (Å²) in [6.07, 6.45) is 2.67. The third-order valence-electron chi connectivity index (χ3n) is 3.08. The van der Waals surface area contributed by atoms with Crippen LogP contribution in [0.15, 0.2) is 23.1 Å². The van der Waals surface area contributed by atoms with E-state index in [4.69, 9.17) is 0 Å². The molecule has 0 bridgehead atoms. The van der Waals surface area contributed by atoms with Gasteiger partial charge in [-0.25, -0.2) is 13.1 Å². The summed E-state index contributed by atoms with van der Waals surface area (Å²) >= 11 is 0. The summed E-state index contributed by atoms with van der Waals surface area (Å²) in [4.78, 5) is 10.2. The molecule has 0 radical (unpaired) electrons. The number of hydrogen-bond acceptors (Lipinski definition) is 5. The highest BCUT2D eigenvalue weighted by molar-refractivity contribution is 7.89. The number of nitro groups is 1. The Hall–Kier alpha value is -1.67. The molecule has 8 heteroatoms. The van der Waals surface area contributed by atoms with Crippen molar-refractivity contribution in [3.05, 3.63) is 28.3 Å². The summed E-state index contributed by atoms with van der Waals surface area (Å²) in [6, 6.07) is 3.46. The molecular formula is C13H21N3O4S. The van der Waals surface area contributed by atoms with Gasteiger partial charge in [0.1, 0.15) is 4.90 Å². The molecule has 118 valence electrons. The predicted octanol–water partition coefficient (Wildman–Crippen LogP) is 2.49. The van der Waals surface area contributed by atoms with Crippen molar-refractivity contribution in [2.24, 2.45) is 0 Å². The highest BCUT2D eigenvalue weighted by Crippen LogP contribution is 2.26. The van der Waals surface area contributed by atoms with E-state index in [0.717, 1.165) is 19.3 Å². The molecule has 0 aliphatic heterocycles. The maximum absolute atomic E-state index is 12.3. The van der Waals surface area contributed by atoms with E-state index in [1.54, 1.807) is 6.92 Å². The van der Waals surface area contributed by atoms with E-state index in [1.807, 2.05) is 6.92 Å². The van der Waals surface area contributed by atoms with Gasteiger partial charge in [0, 0.05) is 25.2 Å². The second-order valence-corrected chi connectivity index (χ2v) is 6.53. The number of unbranched alkanes of at least 4 members (excludes halogenated alkanes) is 1. The van der Waals surface area contributed by atoms with Gasteiger partial charge in [-0.05, 0) is 19.4 Å². The van der Waals surface area contributed by atoms with Gasteiger partial charge in [0.15, 0.2) is 0 Å². The van der Waals surface area contributed by atoms with Gasteiger partial charge >= 0.3 is 0 Å². The van der Waals surface area contributed by atoms with Crippen molar-refractivity contribution in [1.82, 2.24) is 4.72 Å². The van der Waals surface area contributed by atoms with Crippen LogP contribution in [0.3, 0.4) is 0 Å². The van der Waals surface area contributed by atoms with Crippen LogP contribution in [0.5, 0.6) is 0 Å². The number of sulfonamides is 1. The standard InChI is InChI=1S/C13H21N3O4S/c1-4-5-6-10(2)15-21(19,20)13-8-7-11(16(17)18)9-12(13)14-3/h7-10,14-15H,4-6H2,1-3H3. The summed E-state index contributed by atoms with van der Waals surface area (Å²) in [5.41, 5.74) is 0.0525. The first kappa shape index (κ1) is 17.4. The first-order valence-corrected chi connectivity index (χ1v) is 8.28. The number of hydrogen-bond donors (Lipinski definition) is 2. The Bertz CT molecular complexity index is 601. The molecular weight excluding hydrogens is 294 g/mol. The molecule has 0 aliphatic carbocycles. The van der Waals surface area contributed by atoms with Gasteiger partial charge in [0.25, 0.3) is 5.69 Å². The van der Waals surface area contributed by atoms with Crippen molar-refractivity contribution in [2.75, 3.05) is 12.4 Å². The maximum Gasteiger partial charge on any atom is 0.271 e. The van der Waals surface area contributed by atoms with E-state index in [1.165, 1.54) is 25.2 Å². The minimum atomic E-state index is -3.71. The van der Waals surface area contributed by atoms with Gasteiger partial charge in [-0.15, -0.1) is 0 Å². The van der Waals surface area contributed by atoms with Crippen LogP contribution >= 0.6 is 0 Å². The number of benzene rings is 1. The molecule has 0 fully saturated rings. The number of anilines is 1. The Balaban J connectivity index is 3.05. The highest BCUT2D eigenvalue weighted by Gasteiger charge is 2.22. The number of nitrogens with zero attached hydrogens (tertiary/aromatic N) is 1. The average molecular weight is 315 g/mol. The fraction of sp³-hybridized carbons (Fsp3) is 0.538. The topological polar surface area (TPSA) is 101 Å². The van der Waals surface area contributed by atoms with E-state index < -0.39 is 14.9 Å². The van der Waals surface area contributed by atoms with Crippen molar-refractivity contribution in [3.8, 4) is 0 Å². The van der Waals surface area contributed by atoms with Crippen LogP contribution in [0, 0.1) is 10.1 Å². The molecule has 0 saturated carbocycles. The van der Waals surface area contributed by atoms with E-state index in [2.05, 4.69) is 10.0 Å². The lowest BCUT2D eigenvalue weighted by molar-refractivity contribution is -0.384. The maximum atomic E-state index is 12.3. The molecule has 1 aromatic rings. The largest absolute Gasteiger partial charge is 0.387 e. The van der Waals surface area contributed by atoms with Crippen LogP contribution < -0.4 is 10.0 Å². The SMILES string of the molecule is CCCCC(C)NS(=O)(=O)c1ccc([N+](=O)[O-])cc1NC. The molecule has 21 heavy (non-hydrogen) atoms. The van der Waals surface area contributed by atoms with E-state index in [0.29, 0.717) is 0 Å². The molecule has 1 aromatic carbocycles. The van der Waals surface area contributed by atoms with Crippen LogP contribution in [-0.2, 0) is 10.0 Å². The van der Waals surface area contributed by atoms with E-state index >= 15 is 0 Å². The van der Waals surface area contributed by atoms with Crippen molar-refractivity contribution in [3.63, 3.8) is 0 Å². The van der Waals surface area contributed by atoms with Crippen LogP contribution in [0.2, 0.25) is 0 Å². The Morgan fingerprint density at radius 2 is 2.05 bits per heavy atom. The van der Waals surface area contributed by atoms with Crippen molar-refractivity contribution >= 4 is 21.4 Å². The summed E-state index contributed by atoms with van der Waals surface area (Å²) in [6.45, 7) is 3.84. The van der Waals surface area contributed by atoms with Gasteiger partial charge in [-0.2, -0.15) is 0 Å². The number of non-ortho nitro benzene ring substituents is 1. The molecule has 0 aromatic heterocycles. The smallest absolute Gasteiger partial charge is 0.271 e. The second-order valence-electron chi connectivity index (χ2n) is 4.85. The van der Waals surface area contributed by atoms with Gasteiger partial charge in [0.05, 0.1) is 10.6 Å². The van der Waals surface area contributed by atoms with Crippen molar-refractivity contribution in [1.29, 1.82) is 0 Å². The zero-order valence-electron chi connectivity index (χ0n) is 12.4. The predicted molar refractivity (Wildman–Crippen MR) is 82.0 cm³/mol. The molecule has 0 spiro atoms. The van der Waals surface area contributed by atoms with Crippen molar-refractivity contribution in [2.45, 2.75) is 44.0 Å². The monoisotopic (exact) mass is 315 g/mol. The molecule has 0 aliphatic rings. The molecule has 1 unspecified atom stereocenters. The third-order valence-corrected chi connectivity index (χ3v) is 4.73. The highest BCUT2D eigenvalue weighted by atomic mass is 32.2. The second kappa shape index (κ2) is 7.37. The lowest BCUT2D eigenvalue weighted by atomic mass is 10.2. The van der Waals surface area contributed by atoms with Gasteiger partial charge in [-0.3, -0.25) is 10.1 Å². The lowest BCUT2D eigenvalue weighted by Crippen LogP contribution is -2.32. The van der Waals surface area contributed by atoms with Crippen LogP contribution in [0.25, 0.3) is 0 Å². The zero-order chi connectivity index (χ0) is 16.0. The zero-order valence-corrected chi connectivity index (χ0v) is 13.2. The summed E-state index contributed by atoms with van der Waals surface area (Å²) in [5, 5.41) is 13.4. The first-order valence-electron chi connectivity index (χ1n) is 6.80. The number of nitrogens with one attached hydrogen (secondary N) is 2. The molecule has 1 rings (SSSR count). The van der Waals surface area contributed by atoms with Crippen molar-refractivity contribution < 1.29 is 13.3 Å².